The van der Waals surface area contributed by atoms with Gasteiger partial charge in [0.05, 0.1) is 16.7 Å². The van der Waals surface area contributed by atoms with Gasteiger partial charge in [-0.2, -0.15) is 0 Å². The second-order valence-corrected chi connectivity index (χ2v) is 13.7. The Bertz CT molecular complexity index is 3020. The van der Waals surface area contributed by atoms with Gasteiger partial charge >= 0.3 is 0 Å². The second-order valence-electron chi connectivity index (χ2n) is 13.7. The number of hydrogen-bond acceptors (Lipinski definition) is 2. The summed E-state index contributed by atoms with van der Waals surface area (Å²) in [5.74, 6) is 1.75. The van der Waals surface area contributed by atoms with Gasteiger partial charge in [-0.25, -0.2) is 0 Å². The van der Waals surface area contributed by atoms with E-state index in [4.69, 9.17) is 4.74 Å². The zero-order chi connectivity index (χ0) is 34.9. The molecule has 0 fully saturated rings. The summed E-state index contributed by atoms with van der Waals surface area (Å²) in [6.45, 7) is 0. The molecule has 11 rings (SSSR count). The van der Waals surface area contributed by atoms with Crippen molar-refractivity contribution in [2.75, 3.05) is 4.90 Å². The monoisotopic (exact) mass is 676 g/mol. The van der Waals surface area contributed by atoms with Crippen molar-refractivity contribution >= 4 is 60.4 Å². The topological polar surface area (TPSA) is 17.4 Å². The van der Waals surface area contributed by atoms with Crippen molar-refractivity contribution in [1.29, 1.82) is 0 Å². The van der Waals surface area contributed by atoms with Gasteiger partial charge in [-0.05, 0) is 92.8 Å². The summed E-state index contributed by atoms with van der Waals surface area (Å²) < 4.78 is 9.13. The van der Waals surface area contributed by atoms with Crippen LogP contribution in [0.4, 0.5) is 17.1 Å². The van der Waals surface area contributed by atoms with E-state index in [0.717, 1.165) is 50.9 Å². The van der Waals surface area contributed by atoms with E-state index in [0.29, 0.717) is 0 Å². The van der Waals surface area contributed by atoms with Crippen molar-refractivity contribution in [2.45, 2.75) is 0 Å². The Morgan fingerprint density at radius 2 is 0.981 bits per heavy atom. The molecule has 0 bridgehead atoms. The van der Waals surface area contributed by atoms with Gasteiger partial charge in [-0.15, -0.1) is 0 Å². The number of benzene rings is 9. The van der Waals surface area contributed by atoms with E-state index in [-0.39, 0.29) is 0 Å². The molecule has 248 valence electrons. The molecule has 0 radical (unpaired) electrons. The summed E-state index contributed by atoms with van der Waals surface area (Å²) >= 11 is 0. The number of para-hydroxylation sites is 3. The van der Waals surface area contributed by atoms with Crippen molar-refractivity contribution in [3.63, 3.8) is 0 Å². The largest absolute Gasteiger partial charge is 0.452 e. The molecule has 3 nitrogen and oxygen atoms in total. The maximum atomic E-state index is 6.77. The molecule has 1 aliphatic rings. The third kappa shape index (κ3) is 4.68. The minimum Gasteiger partial charge on any atom is -0.452 e. The Labute approximate surface area is 307 Å². The Morgan fingerprint density at radius 3 is 1.79 bits per heavy atom. The quantitative estimate of drug-likeness (QED) is 0.181. The number of anilines is 3. The molecule has 0 spiro atoms. The highest BCUT2D eigenvalue weighted by molar-refractivity contribution is 6.12. The average Bonchev–Trinajstić information content (AvgIpc) is 3.57. The first-order valence-electron chi connectivity index (χ1n) is 18.1. The molecule has 0 aliphatic carbocycles. The Hall–Kier alpha value is -7.10. The van der Waals surface area contributed by atoms with E-state index in [9.17, 15) is 0 Å². The van der Waals surface area contributed by atoms with E-state index < -0.39 is 0 Å². The van der Waals surface area contributed by atoms with E-state index >= 15 is 0 Å². The molecule has 9 aromatic carbocycles. The zero-order valence-corrected chi connectivity index (χ0v) is 28.8. The highest BCUT2D eigenvalue weighted by Gasteiger charge is 2.26. The van der Waals surface area contributed by atoms with Crippen molar-refractivity contribution in [1.82, 2.24) is 4.57 Å². The van der Waals surface area contributed by atoms with Gasteiger partial charge in [-0.1, -0.05) is 140 Å². The average molecular weight is 677 g/mol. The van der Waals surface area contributed by atoms with Crippen molar-refractivity contribution in [2.24, 2.45) is 0 Å². The number of hydrogen-bond donors (Lipinski definition) is 0. The molecular weight excluding hydrogens is 645 g/mol. The first-order chi connectivity index (χ1) is 26.3. The Morgan fingerprint density at radius 1 is 0.396 bits per heavy atom. The summed E-state index contributed by atoms with van der Waals surface area (Å²) in [5, 5.41) is 7.37. The van der Waals surface area contributed by atoms with Crippen molar-refractivity contribution in [3.8, 4) is 39.4 Å². The summed E-state index contributed by atoms with van der Waals surface area (Å²) in [4.78, 5) is 2.35. The molecule has 53 heavy (non-hydrogen) atoms. The Balaban J connectivity index is 1.02. The van der Waals surface area contributed by atoms with Crippen LogP contribution in [0.15, 0.2) is 194 Å². The highest BCUT2D eigenvalue weighted by atomic mass is 16.5. The molecule has 3 heteroatoms. The van der Waals surface area contributed by atoms with Gasteiger partial charge in [0, 0.05) is 33.4 Å². The second kappa shape index (κ2) is 11.7. The fourth-order valence-corrected chi connectivity index (χ4v) is 8.29. The van der Waals surface area contributed by atoms with Gasteiger partial charge < -0.3 is 14.2 Å². The lowest BCUT2D eigenvalue weighted by Crippen LogP contribution is -2.10. The normalized spacial score (nSPS) is 11.9. The molecule has 0 atom stereocenters. The zero-order valence-electron chi connectivity index (χ0n) is 28.8. The fourth-order valence-electron chi connectivity index (χ4n) is 8.29. The van der Waals surface area contributed by atoms with Crippen LogP contribution in [0.3, 0.4) is 0 Å². The number of ether oxygens (including phenoxy) is 1. The number of rotatable bonds is 5. The molecule has 10 aromatic rings. The summed E-state index contributed by atoms with van der Waals surface area (Å²) in [5.41, 5.74) is 11.2. The molecule has 0 saturated heterocycles. The summed E-state index contributed by atoms with van der Waals surface area (Å²) in [6.07, 6.45) is 0. The lowest BCUT2D eigenvalue weighted by molar-refractivity contribution is 0.478. The predicted molar refractivity (Wildman–Crippen MR) is 221 cm³/mol. The number of fused-ring (bicyclic) bond motifs is 7. The van der Waals surface area contributed by atoms with Crippen molar-refractivity contribution in [3.05, 3.63) is 194 Å². The standard InChI is InChI=1S/C50H32N2O/c1-2-12-37-32-40(31-22-33(37)10-1)51(38-27-23-35(24-28-38)42-16-7-13-34-11-3-4-14-41(34)42)39-29-25-36(26-30-39)43-17-8-20-47-50(43)53-48-21-9-18-45-44-15-5-6-19-46(44)52(47)49(45)48/h1-32H. The van der Waals surface area contributed by atoms with Crippen LogP contribution in [0.5, 0.6) is 11.5 Å². The minimum atomic E-state index is 0.872. The third-order valence-electron chi connectivity index (χ3n) is 10.8. The van der Waals surface area contributed by atoms with Gasteiger partial charge in [0.25, 0.3) is 0 Å². The maximum absolute atomic E-state index is 6.77. The van der Waals surface area contributed by atoms with Crippen LogP contribution in [-0.4, -0.2) is 4.57 Å². The first-order valence-corrected chi connectivity index (χ1v) is 18.1. The number of aromatic nitrogens is 1. The molecular formula is C50H32N2O. The van der Waals surface area contributed by atoms with Crippen LogP contribution in [0.25, 0.3) is 71.3 Å². The first kappa shape index (κ1) is 29.6. The molecule has 1 aliphatic heterocycles. The van der Waals surface area contributed by atoms with E-state index in [1.807, 2.05) is 0 Å². The van der Waals surface area contributed by atoms with Crippen LogP contribution >= 0.6 is 0 Å². The smallest absolute Gasteiger partial charge is 0.159 e. The van der Waals surface area contributed by atoms with E-state index in [1.54, 1.807) is 0 Å². The summed E-state index contributed by atoms with van der Waals surface area (Å²) in [6, 6.07) is 69.7. The number of nitrogens with zero attached hydrogens (tertiary/aromatic N) is 2. The molecule has 0 amide bonds. The highest BCUT2D eigenvalue weighted by Crippen LogP contribution is 2.49. The maximum Gasteiger partial charge on any atom is 0.159 e. The van der Waals surface area contributed by atoms with E-state index in [1.165, 1.54) is 49.0 Å². The van der Waals surface area contributed by atoms with Gasteiger partial charge in [-0.3, -0.25) is 0 Å². The van der Waals surface area contributed by atoms with Crippen LogP contribution in [0.1, 0.15) is 0 Å². The molecule has 0 saturated carbocycles. The van der Waals surface area contributed by atoms with Crippen LogP contribution in [-0.2, 0) is 0 Å². The van der Waals surface area contributed by atoms with Gasteiger partial charge in [0.2, 0.25) is 0 Å². The Kier molecular flexibility index (Phi) is 6.55. The van der Waals surface area contributed by atoms with Crippen LogP contribution in [0.2, 0.25) is 0 Å². The minimum absolute atomic E-state index is 0.872. The SMILES string of the molecule is c1cc(-c2ccc(N(c3ccc(-c4cccc5ccccc45)cc3)c3ccc4ccccc4c3)cc2)c2c(c1)-n1c3ccccc3c3cccc(c31)O2. The predicted octanol–water partition coefficient (Wildman–Crippen LogP) is 14.0. The third-order valence-corrected chi connectivity index (χ3v) is 10.8. The molecule has 0 unspecified atom stereocenters. The van der Waals surface area contributed by atoms with Crippen LogP contribution < -0.4 is 9.64 Å². The molecule has 2 heterocycles. The van der Waals surface area contributed by atoms with E-state index in [2.05, 4.69) is 204 Å². The van der Waals surface area contributed by atoms with Crippen LogP contribution in [0, 0.1) is 0 Å². The van der Waals surface area contributed by atoms with Gasteiger partial charge in [0.15, 0.2) is 11.5 Å². The summed E-state index contributed by atoms with van der Waals surface area (Å²) in [7, 11) is 0. The lowest BCUT2D eigenvalue weighted by Gasteiger charge is -2.27. The lowest BCUT2D eigenvalue weighted by atomic mass is 9.98. The molecule has 1 aromatic heterocycles. The van der Waals surface area contributed by atoms with Crippen molar-refractivity contribution < 1.29 is 4.74 Å². The van der Waals surface area contributed by atoms with Gasteiger partial charge in [0.1, 0.15) is 0 Å². The molecule has 0 N–H and O–H groups in total. The fraction of sp³-hybridized carbons (Fsp3) is 0.